The lowest BCUT2D eigenvalue weighted by atomic mass is 10.2. The Morgan fingerprint density at radius 3 is 2.50 bits per heavy atom. The fourth-order valence-corrected chi connectivity index (χ4v) is 1.76. The number of carbonyl (C=O) groups is 1. The Morgan fingerprint density at radius 2 is 2.08 bits per heavy atom. The largest absolute Gasteiger partial charge is 0.481 e. The maximum absolute atomic E-state index is 10.4. The minimum absolute atomic E-state index is 0.250. The average molecular weight is 191 g/mol. The molecule has 0 amide bonds. The molecule has 0 aromatic carbocycles. The second-order valence-electron chi connectivity index (χ2n) is 3.12. The first-order chi connectivity index (χ1) is 5.57. The van der Waals surface area contributed by atoms with Crippen LogP contribution in [0, 0.1) is 11.8 Å². The summed E-state index contributed by atoms with van der Waals surface area (Å²) in [5.74, 6) is 1.15. The van der Waals surface area contributed by atoms with Gasteiger partial charge in [0.05, 0.1) is 5.92 Å². The standard InChI is InChI=1S/C8H17NO2S/c1-6(3-9)4-12-5-7(2)8(10)11/h6-7H,3-5,9H2,1-2H3,(H,10,11). The Labute approximate surface area is 77.7 Å². The summed E-state index contributed by atoms with van der Waals surface area (Å²) in [5, 5.41) is 8.57. The minimum Gasteiger partial charge on any atom is -0.481 e. The van der Waals surface area contributed by atoms with Gasteiger partial charge in [0.2, 0.25) is 0 Å². The topological polar surface area (TPSA) is 63.3 Å². The van der Waals surface area contributed by atoms with Crippen LogP contribution in [0.15, 0.2) is 0 Å². The summed E-state index contributed by atoms with van der Waals surface area (Å²) < 4.78 is 0. The molecule has 0 radical (unpaired) electrons. The summed E-state index contributed by atoms with van der Waals surface area (Å²) in [4.78, 5) is 10.4. The van der Waals surface area contributed by atoms with E-state index in [0.717, 1.165) is 5.75 Å². The van der Waals surface area contributed by atoms with Gasteiger partial charge in [0.1, 0.15) is 0 Å². The molecular weight excluding hydrogens is 174 g/mol. The van der Waals surface area contributed by atoms with Gasteiger partial charge in [-0.15, -0.1) is 0 Å². The SMILES string of the molecule is CC(CN)CSCC(C)C(=O)O. The molecule has 3 nitrogen and oxygen atoms in total. The number of thioether (sulfide) groups is 1. The van der Waals surface area contributed by atoms with Gasteiger partial charge in [-0.05, 0) is 18.2 Å². The van der Waals surface area contributed by atoms with Crippen molar-refractivity contribution in [1.29, 1.82) is 0 Å². The Hall–Kier alpha value is -0.220. The van der Waals surface area contributed by atoms with E-state index >= 15 is 0 Å². The van der Waals surface area contributed by atoms with E-state index in [2.05, 4.69) is 6.92 Å². The number of aliphatic carboxylic acids is 1. The lowest BCUT2D eigenvalue weighted by molar-refractivity contribution is -0.140. The van der Waals surface area contributed by atoms with Gasteiger partial charge in [-0.3, -0.25) is 4.79 Å². The predicted molar refractivity (Wildman–Crippen MR) is 52.3 cm³/mol. The maximum atomic E-state index is 10.4. The Morgan fingerprint density at radius 1 is 1.50 bits per heavy atom. The molecular formula is C8H17NO2S. The fourth-order valence-electron chi connectivity index (χ4n) is 0.585. The number of hydrogen-bond donors (Lipinski definition) is 2. The minimum atomic E-state index is -0.720. The molecule has 0 aliphatic rings. The summed E-state index contributed by atoms with van der Waals surface area (Å²) in [7, 11) is 0. The van der Waals surface area contributed by atoms with Crippen molar-refractivity contribution in [3.8, 4) is 0 Å². The molecule has 0 aromatic heterocycles. The number of carboxylic acids is 1. The Balaban J connectivity index is 3.37. The molecule has 2 atom stereocenters. The van der Waals surface area contributed by atoms with Crippen LogP contribution < -0.4 is 5.73 Å². The molecule has 0 bridgehead atoms. The van der Waals surface area contributed by atoms with Gasteiger partial charge in [-0.1, -0.05) is 13.8 Å². The highest BCUT2D eigenvalue weighted by atomic mass is 32.2. The van der Waals surface area contributed by atoms with Crippen LogP contribution in [0.5, 0.6) is 0 Å². The summed E-state index contributed by atoms with van der Waals surface area (Å²) in [5.41, 5.74) is 5.42. The second-order valence-corrected chi connectivity index (χ2v) is 4.19. The third kappa shape index (κ3) is 5.43. The van der Waals surface area contributed by atoms with E-state index in [9.17, 15) is 4.79 Å². The van der Waals surface area contributed by atoms with Gasteiger partial charge in [0.15, 0.2) is 0 Å². The van der Waals surface area contributed by atoms with Crippen LogP contribution in [-0.2, 0) is 4.79 Å². The van der Waals surface area contributed by atoms with Gasteiger partial charge < -0.3 is 10.8 Å². The predicted octanol–water partition coefficient (Wildman–Crippen LogP) is 1.04. The first-order valence-corrected chi connectivity index (χ1v) is 5.24. The maximum Gasteiger partial charge on any atom is 0.307 e. The van der Waals surface area contributed by atoms with Gasteiger partial charge in [0.25, 0.3) is 0 Å². The molecule has 0 aliphatic carbocycles. The molecule has 0 spiro atoms. The van der Waals surface area contributed by atoms with E-state index in [0.29, 0.717) is 18.2 Å². The molecule has 3 N–H and O–H groups in total. The molecule has 0 rings (SSSR count). The first-order valence-electron chi connectivity index (χ1n) is 4.08. The second kappa shape index (κ2) is 6.31. The van der Waals surface area contributed by atoms with Gasteiger partial charge >= 0.3 is 5.97 Å². The zero-order valence-corrected chi connectivity index (χ0v) is 8.43. The molecule has 72 valence electrons. The molecule has 0 aromatic rings. The summed E-state index contributed by atoms with van der Waals surface area (Å²) >= 11 is 1.66. The van der Waals surface area contributed by atoms with E-state index in [1.165, 1.54) is 0 Å². The van der Waals surface area contributed by atoms with Gasteiger partial charge in [-0.2, -0.15) is 11.8 Å². The molecule has 12 heavy (non-hydrogen) atoms. The van der Waals surface area contributed by atoms with E-state index in [1.807, 2.05) is 0 Å². The molecule has 4 heteroatoms. The van der Waals surface area contributed by atoms with E-state index in [1.54, 1.807) is 18.7 Å². The van der Waals surface area contributed by atoms with Gasteiger partial charge in [0, 0.05) is 5.75 Å². The Bertz CT molecular complexity index is 141. The Kier molecular flexibility index (Phi) is 6.20. The fraction of sp³-hybridized carbons (Fsp3) is 0.875. The van der Waals surface area contributed by atoms with Crippen LogP contribution in [0.25, 0.3) is 0 Å². The normalized spacial score (nSPS) is 15.6. The van der Waals surface area contributed by atoms with Crippen LogP contribution in [0.1, 0.15) is 13.8 Å². The molecule has 2 unspecified atom stereocenters. The van der Waals surface area contributed by atoms with Crippen molar-refractivity contribution in [1.82, 2.24) is 0 Å². The lowest BCUT2D eigenvalue weighted by Crippen LogP contribution is -2.16. The summed E-state index contributed by atoms with van der Waals surface area (Å²) in [6, 6.07) is 0. The number of carboxylic acid groups (broad SMARTS) is 1. The van der Waals surface area contributed by atoms with Crippen LogP contribution in [0.4, 0.5) is 0 Å². The first kappa shape index (κ1) is 11.8. The zero-order chi connectivity index (χ0) is 9.56. The lowest BCUT2D eigenvalue weighted by Gasteiger charge is -2.09. The van der Waals surface area contributed by atoms with Crippen LogP contribution in [-0.4, -0.2) is 29.1 Å². The third-order valence-corrected chi connectivity index (χ3v) is 3.13. The van der Waals surface area contributed by atoms with Crippen molar-refractivity contribution >= 4 is 17.7 Å². The van der Waals surface area contributed by atoms with E-state index in [4.69, 9.17) is 10.8 Å². The molecule has 0 saturated carbocycles. The van der Waals surface area contributed by atoms with E-state index in [-0.39, 0.29) is 5.92 Å². The summed E-state index contributed by atoms with van der Waals surface area (Å²) in [6.45, 7) is 4.47. The van der Waals surface area contributed by atoms with E-state index < -0.39 is 5.97 Å². The average Bonchev–Trinajstić information content (AvgIpc) is 2.03. The highest BCUT2D eigenvalue weighted by molar-refractivity contribution is 7.99. The van der Waals surface area contributed by atoms with Gasteiger partial charge in [-0.25, -0.2) is 0 Å². The van der Waals surface area contributed by atoms with Crippen LogP contribution in [0.2, 0.25) is 0 Å². The van der Waals surface area contributed by atoms with Crippen molar-refractivity contribution in [2.24, 2.45) is 17.6 Å². The highest BCUT2D eigenvalue weighted by Crippen LogP contribution is 2.11. The molecule has 0 aliphatic heterocycles. The number of nitrogens with two attached hydrogens (primary N) is 1. The monoisotopic (exact) mass is 191 g/mol. The number of rotatable bonds is 6. The van der Waals surface area contributed by atoms with Crippen molar-refractivity contribution < 1.29 is 9.90 Å². The van der Waals surface area contributed by atoms with Crippen molar-refractivity contribution in [2.75, 3.05) is 18.1 Å². The van der Waals surface area contributed by atoms with Crippen LogP contribution >= 0.6 is 11.8 Å². The quantitative estimate of drug-likeness (QED) is 0.658. The van der Waals surface area contributed by atoms with Crippen molar-refractivity contribution in [3.05, 3.63) is 0 Å². The molecule has 0 saturated heterocycles. The highest BCUT2D eigenvalue weighted by Gasteiger charge is 2.10. The third-order valence-electron chi connectivity index (χ3n) is 1.59. The zero-order valence-electron chi connectivity index (χ0n) is 7.62. The smallest absolute Gasteiger partial charge is 0.307 e. The van der Waals surface area contributed by atoms with Crippen LogP contribution in [0.3, 0.4) is 0 Å². The van der Waals surface area contributed by atoms with Crippen molar-refractivity contribution in [3.63, 3.8) is 0 Å². The molecule has 0 fully saturated rings. The van der Waals surface area contributed by atoms with Crippen molar-refractivity contribution in [2.45, 2.75) is 13.8 Å². The number of hydrogen-bond acceptors (Lipinski definition) is 3. The summed E-state index contributed by atoms with van der Waals surface area (Å²) in [6.07, 6.45) is 0. The molecule has 0 heterocycles.